The van der Waals surface area contributed by atoms with Crippen LogP contribution in [0.15, 0.2) is 24.3 Å². The van der Waals surface area contributed by atoms with Crippen molar-refractivity contribution in [2.24, 2.45) is 0 Å². The van der Waals surface area contributed by atoms with Crippen LogP contribution in [0.1, 0.15) is 53.8 Å². The molecule has 2 aromatic heterocycles. The summed E-state index contributed by atoms with van der Waals surface area (Å²) in [6, 6.07) is 6.75. The number of hydrogen-bond donors (Lipinski definition) is 1. The average molecular weight is 398 g/mol. The number of halogens is 1. The minimum atomic E-state index is -0.754. The monoisotopic (exact) mass is 397 g/mol. The number of thiophene rings is 1. The van der Waals surface area contributed by atoms with Gasteiger partial charge in [0.15, 0.2) is 0 Å². The van der Waals surface area contributed by atoms with Crippen molar-refractivity contribution in [3.8, 4) is 11.1 Å². The van der Waals surface area contributed by atoms with Crippen LogP contribution < -0.4 is 0 Å². The van der Waals surface area contributed by atoms with Crippen molar-refractivity contribution >= 4 is 27.5 Å². The maximum atomic E-state index is 13.6. The van der Waals surface area contributed by atoms with Crippen LogP contribution >= 0.6 is 11.3 Å². The van der Waals surface area contributed by atoms with Gasteiger partial charge in [0.05, 0.1) is 0 Å². The average Bonchev–Trinajstić information content (AvgIpc) is 3.03. The smallest absolute Gasteiger partial charge is 0.303 e. The number of aliphatic carboxylic acids is 1. The van der Waals surface area contributed by atoms with E-state index in [1.165, 1.54) is 51.9 Å². The lowest BCUT2D eigenvalue weighted by Crippen LogP contribution is -2.03. The van der Waals surface area contributed by atoms with Gasteiger partial charge in [0.2, 0.25) is 0 Å². The van der Waals surface area contributed by atoms with Crippen LogP contribution in [0.3, 0.4) is 0 Å². The molecule has 3 nitrogen and oxygen atoms in total. The third-order valence-corrected chi connectivity index (χ3v) is 6.80. The van der Waals surface area contributed by atoms with Gasteiger partial charge in [-0.3, -0.25) is 4.79 Å². The Bertz CT molecular complexity index is 1020. The molecule has 0 bridgehead atoms. The molecule has 1 aliphatic carbocycles. The molecule has 3 aromatic rings. The van der Waals surface area contributed by atoms with Gasteiger partial charge in [0.1, 0.15) is 10.6 Å². The van der Waals surface area contributed by atoms with E-state index in [0.717, 1.165) is 41.8 Å². The number of rotatable bonds is 6. The molecule has 1 N–H and O–H groups in total. The van der Waals surface area contributed by atoms with Crippen LogP contribution in [-0.2, 0) is 24.1 Å². The number of nitrogens with zero attached hydrogens (tertiary/aromatic N) is 1. The minimum absolute atomic E-state index is 0.189. The van der Waals surface area contributed by atoms with Gasteiger partial charge in [-0.25, -0.2) is 9.37 Å². The van der Waals surface area contributed by atoms with Crippen LogP contribution in [0.25, 0.3) is 21.3 Å². The fourth-order valence-electron chi connectivity index (χ4n) is 4.26. The first kappa shape index (κ1) is 19.1. The maximum absolute atomic E-state index is 13.6. The number of unbranched alkanes of at least 4 members (excludes halogenated alkanes) is 1. The molecule has 5 heteroatoms. The van der Waals surface area contributed by atoms with Crippen LogP contribution in [0, 0.1) is 12.7 Å². The molecule has 146 valence electrons. The van der Waals surface area contributed by atoms with E-state index in [9.17, 15) is 9.18 Å². The first-order valence-corrected chi connectivity index (χ1v) is 10.8. The molecule has 2 heterocycles. The van der Waals surface area contributed by atoms with E-state index in [1.54, 1.807) is 11.3 Å². The van der Waals surface area contributed by atoms with E-state index in [4.69, 9.17) is 10.1 Å². The lowest BCUT2D eigenvalue weighted by Gasteiger charge is -2.17. The summed E-state index contributed by atoms with van der Waals surface area (Å²) in [7, 11) is 0. The zero-order valence-corrected chi connectivity index (χ0v) is 16.9. The molecule has 4 rings (SSSR count). The summed E-state index contributed by atoms with van der Waals surface area (Å²) in [6.45, 7) is 2.04. The van der Waals surface area contributed by atoms with Crippen LogP contribution in [0.2, 0.25) is 0 Å². The second-order valence-corrected chi connectivity index (χ2v) is 8.63. The molecule has 0 amide bonds. The van der Waals surface area contributed by atoms with Crippen molar-refractivity contribution in [3.05, 3.63) is 51.8 Å². The number of carbonyl (C=O) groups is 1. The zero-order chi connectivity index (χ0) is 19.7. The van der Waals surface area contributed by atoms with Crippen LogP contribution in [-0.4, -0.2) is 16.1 Å². The summed E-state index contributed by atoms with van der Waals surface area (Å²) < 4.78 is 13.6. The van der Waals surface area contributed by atoms with Crippen molar-refractivity contribution in [2.45, 2.75) is 58.3 Å². The summed E-state index contributed by atoms with van der Waals surface area (Å²) in [5, 5.41) is 10.2. The van der Waals surface area contributed by atoms with E-state index in [2.05, 4.69) is 0 Å². The first-order valence-electron chi connectivity index (χ1n) is 9.96. The van der Waals surface area contributed by atoms with E-state index in [0.29, 0.717) is 6.42 Å². The Morgan fingerprint density at radius 2 is 1.93 bits per heavy atom. The van der Waals surface area contributed by atoms with Gasteiger partial charge in [-0.1, -0.05) is 12.1 Å². The lowest BCUT2D eigenvalue weighted by atomic mass is 9.88. The van der Waals surface area contributed by atoms with Crippen molar-refractivity contribution in [1.82, 2.24) is 4.98 Å². The van der Waals surface area contributed by atoms with Crippen molar-refractivity contribution in [2.75, 3.05) is 0 Å². The molecule has 0 aliphatic heterocycles. The second-order valence-electron chi connectivity index (χ2n) is 7.55. The third-order valence-electron chi connectivity index (χ3n) is 5.61. The molecule has 0 atom stereocenters. The SMILES string of the molecule is Cc1nc2sc3c(c2c(-c2ccc(F)cc2)c1CCCCC(=O)O)CCCC3. The Morgan fingerprint density at radius 3 is 2.68 bits per heavy atom. The van der Waals surface area contributed by atoms with Crippen molar-refractivity contribution < 1.29 is 14.3 Å². The first-order chi connectivity index (χ1) is 13.5. The quantitative estimate of drug-likeness (QED) is 0.512. The highest BCUT2D eigenvalue weighted by Gasteiger charge is 2.23. The topological polar surface area (TPSA) is 50.2 Å². The van der Waals surface area contributed by atoms with Gasteiger partial charge in [-0.2, -0.15) is 0 Å². The predicted molar refractivity (Wildman–Crippen MR) is 112 cm³/mol. The third kappa shape index (κ3) is 3.68. The number of carboxylic acids is 1. The summed E-state index contributed by atoms with van der Waals surface area (Å²) in [5.41, 5.74) is 5.80. The summed E-state index contributed by atoms with van der Waals surface area (Å²) >= 11 is 1.80. The fraction of sp³-hybridized carbons (Fsp3) is 0.391. The van der Waals surface area contributed by atoms with Crippen LogP contribution in [0.4, 0.5) is 4.39 Å². The molecule has 1 aliphatic rings. The van der Waals surface area contributed by atoms with Gasteiger partial charge >= 0.3 is 5.97 Å². The van der Waals surface area contributed by atoms with E-state index in [-0.39, 0.29) is 12.2 Å². The molecule has 28 heavy (non-hydrogen) atoms. The Balaban J connectivity index is 1.86. The highest BCUT2D eigenvalue weighted by atomic mass is 32.1. The molecule has 0 spiro atoms. The van der Waals surface area contributed by atoms with E-state index >= 15 is 0 Å². The summed E-state index contributed by atoms with van der Waals surface area (Å²) in [4.78, 5) is 18.3. The zero-order valence-electron chi connectivity index (χ0n) is 16.1. The number of aromatic nitrogens is 1. The molecular weight excluding hydrogens is 373 g/mol. The number of aryl methyl sites for hydroxylation is 3. The van der Waals surface area contributed by atoms with Gasteiger partial charge in [-0.15, -0.1) is 11.3 Å². The Labute approximate surface area is 168 Å². The Morgan fingerprint density at radius 1 is 1.18 bits per heavy atom. The predicted octanol–water partition coefficient (Wildman–Crippen LogP) is 6.09. The molecule has 0 fully saturated rings. The van der Waals surface area contributed by atoms with Crippen molar-refractivity contribution in [1.29, 1.82) is 0 Å². The highest BCUT2D eigenvalue weighted by Crippen LogP contribution is 2.43. The van der Waals surface area contributed by atoms with Gasteiger partial charge in [0.25, 0.3) is 0 Å². The van der Waals surface area contributed by atoms with E-state index < -0.39 is 5.97 Å². The number of carboxylic acid groups (broad SMARTS) is 1. The molecule has 1 aromatic carbocycles. The maximum Gasteiger partial charge on any atom is 0.303 e. The molecular formula is C23H24FNO2S. The molecule has 0 radical (unpaired) electrons. The standard InChI is InChI=1S/C23H24FNO2S/c1-14-17(6-3-5-9-20(26)27)21(15-10-12-16(24)13-11-15)22-18-7-2-4-8-19(18)28-23(22)25-14/h10-13H,2-9H2,1H3,(H,26,27). The lowest BCUT2D eigenvalue weighted by molar-refractivity contribution is -0.137. The second kappa shape index (κ2) is 8.00. The molecule has 0 unspecified atom stereocenters. The fourth-order valence-corrected chi connectivity index (χ4v) is 5.58. The minimum Gasteiger partial charge on any atom is -0.481 e. The van der Waals surface area contributed by atoms with Crippen LogP contribution in [0.5, 0.6) is 0 Å². The van der Waals surface area contributed by atoms with Gasteiger partial charge < -0.3 is 5.11 Å². The normalized spacial score (nSPS) is 13.6. The van der Waals surface area contributed by atoms with Gasteiger partial charge in [0, 0.05) is 22.4 Å². The largest absolute Gasteiger partial charge is 0.481 e. The van der Waals surface area contributed by atoms with Gasteiger partial charge in [-0.05, 0) is 86.3 Å². The Kier molecular flexibility index (Phi) is 5.44. The summed E-state index contributed by atoms with van der Waals surface area (Å²) in [6.07, 6.45) is 7.06. The van der Waals surface area contributed by atoms with E-state index in [1.807, 2.05) is 19.1 Å². The van der Waals surface area contributed by atoms with Crippen molar-refractivity contribution in [3.63, 3.8) is 0 Å². The Hall–Kier alpha value is -2.27. The molecule has 0 saturated carbocycles. The highest BCUT2D eigenvalue weighted by molar-refractivity contribution is 7.19. The number of pyridine rings is 1. The summed E-state index contributed by atoms with van der Waals surface area (Å²) in [5.74, 6) is -0.989. The number of fused-ring (bicyclic) bond motifs is 3. The number of benzene rings is 1. The number of hydrogen-bond acceptors (Lipinski definition) is 3. The molecule has 0 saturated heterocycles.